The largest absolute Gasteiger partial charge is 0.341 e. The summed E-state index contributed by atoms with van der Waals surface area (Å²) in [6.45, 7) is 5.09. The molecule has 1 N–H and O–H groups in total. The van der Waals surface area contributed by atoms with Gasteiger partial charge in [-0.15, -0.1) is 11.3 Å². The summed E-state index contributed by atoms with van der Waals surface area (Å²) in [5, 5.41) is 3.37. The predicted molar refractivity (Wildman–Crippen MR) is 80.4 cm³/mol. The number of hydrogen-bond acceptors (Lipinski definition) is 3. The van der Waals surface area contributed by atoms with Crippen LogP contribution >= 0.6 is 11.3 Å². The first-order valence-electron chi connectivity index (χ1n) is 7.15. The molecule has 1 aromatic rings. The number of piperidine rings is 1. The molecule has 1 fully saturated rings. The molecule has 0 bridgehead atoms. The number of aryl methyl sites for hydroxylation is 1. The Morgan fingerprint density at radius 3 is 2.79 bits per heavy atom. The molecule has 1 aromatic heterocycles. The molecule has 3 nitrogen and oxygen atoms in total. The third kappa shape index (κ3) is 4.62. The highest BCUT2D eigenvalue weighted by atomic mass is 32.1. The average molecular weight is 280 g/mol. The first kappa shape index (κ1) is 14.5. The maximum Gasteiger partial charge on any atom is 0.222 e. The number of carbonyl (C=O) groups excluding carboxylic acids is 1. The molecule has 0 unspecified atom stereocenters. The van der Waals surface area contributed by atoms with Gasteiger partial charge in [-0.2, -0.15) is 0 Å². The second kappa shape index (κ2) is 7.06. The predicted octanol–water partition coefficient (Wildman–Crippen LogP) is 2.79. The lowest BCUT2D eigenvalue weighted by Crippen LogP contribution is -2.30. The fourth-order valence-corrected chi connectivity index (χ4v) is 3.52. The van der Waals surface area contributed by atoms with Crippen molar-refractivity contribution in [1.29, 1.82) is 0 Å². The van der Waals surface area contributed by atoms with Crippen molar-refractivity contribution in [2.75, 3.05) is 20.1 Å². The van der Waals surface area contributed by atoms with E-state index in [1.54, 1.807) is 11.3 Å². The molecule has 106 valence electrons. The zero-order valence-corrected chi connectivity index (χ0v) is 12.8. The molecule has 1 saturated heterocycles. The molecule has 1 aliphatic rings. The van der Waals surface area contributed by atoms with Crippen molar-refractivity contribution in [2.45, 2.75) is 39.2 Å². The van der Waals surface area contributed by atoms with E-state index < -0.39 is 0 Å². The van der Waals surface area contributed by atoms with Crippen LogP contribution in [0.1, 0.15) is 35.4 Å². The van der Waals surface area contributed by atoms with Crippen LogP contribution in [0.25, 0.3) is 0 Å². The first-order chi connectivity index (χ1) is 9.15. The van der Waals surface area contributed by atoms with Gasteiger partial charge >= 0.3 is 0 Å². The first-order valence-corrected chi connectivity index (χ1v) is 7.97. The topological polar surface area (TPSA) is 32.3 Å². The van der Waals surface area contributed by atoms with Gasteiger partial charge in [-0.05, 0) is 57.3 Å². The minimum absolute atomic E-state index is 0.282. The summed E-state index contributed by atoms with van der Waals surface area (Å²) in [4.78, 5) is 16.6. The Kier molecular flexibility index (Phi) is 5.40. The van der Waals surface area contributed by atoms with Crippen molar-refractivity contribution in [3.05, 3.63) is 21.9 Å². The van der Waals surface area contributed by atoms with E-state index in [1.165, 1.54) is 22.6 Å². The quantitative estimate of drug-likeness (QED) is 0.899. The van der Waals surface area contributed by atoms with Crippen LogP contribution in [0.15, 0.2) is 12.1 Å². The Hall–Kier alpha value is -0.870. The molecule has 0 spiro atoms. The van der Waals surface area contributed by atoms with Gasteiger partial charge in [0.1, 0.15) is 0 Å². The summed E-state index contributed by atoms with van der Waals surface area (Å²) in [7, 11) is 1.92. The van der Waals surface area contributed by atoms with Gasteiger partial charge in [-0.25, -0.2) is 0 Å². The van der Waals surface area contributed by atoms with E-state index >= 15 is 0 Å². The fraction of sp³-hybridized carbons (Fsp3) is 0.667. The zero-order chi connectivity index (χ0) is 13.7. The second-order valence-electron chi connectivity index (χ2n) is 5.49. The highest BCUT2D eigenvalue weighted by Gasteiger charge is 2.16. The summed E-state index contributed by atoms with van der Waals surface area (Å²) >= 11 is 1.78. The third-order valence-corrected chi connectivity index (χ3v) is 4.83. The van der Waals surface area contributed by atoms with Crippen LogP contribution in [-0.2, 0) is 11.3 Å². The molecule has 0 aliphatic carbocycles. The van der Waals surface area contributed by atoms with Crippen molar-refractivity contribution in [3.8, 4) is 0 Å². The molecule has 0 aromatic carbocycles. The van der Waals surface area contributed by atoms with Crippen LogP contribution in [0.4, 0.5) is 0 Å². The van der Waals surface area contributed by atoms with Gasteiger partial charge in [0.05, 0.1) is 6.54 Å². The summed E-state index contributed by atoms with van der Waals surface area (Å²) in [5.74, 6) is 1.02. The van der Waals surface area contributed by atoms with E-state index in [1.807, 2.05) is 11.9 Å². The summed E-state index contributed by atoms with van der Waals surface area (Å²) < 4.78 is 0. The maximum absolute atomic E-state index is 12.1. The number of nitrogens with zero attached hydrogens (tertiary/aromatic N) is 1. The molecule has 2 heterocycles. The molecule has 0 saturated carbocycles. The highest BCUT2D eigenvalue weighted by Crippen LogP contribution is 2.20. The Labute approximate surface area is 120 Å². The van der Waals surface area contributed by atoms with E-state index in [-0.39, 0.29) is 5.91 Å². The van der Waals surface area contributed by atoms with Crippen LogP contribution in [0.2, 0.25) is 0 Å². The van der Waals surface area contributed by atoms with Crippen LogP contribution < -0.4 is 5.32 Å². The minimum atomic E-state index is 0.282. The van der Waals surface area contributed by atoms with E-state index in [4.69, 9.17) is 0 Å². The third-order valence-electron chi connectivity index (χ3n) is 3.84. The molecular weight excluding hydrogens is 256 g/mol. The number of rotatable bonds is 5. The molecular formula is C15H24N2OS. The van der Waals surface area contributed by atoms with Gasteiger partial charge in [0.2, 0.25) is 5.91 Å². The van der Waals surface area contributed by atoms with E-state index in [0.29, 0.717) is 6.42 Å². The van der Waals surface area contributed by atoms with E-state index in [0.717, 1.165) is 32.0 Å². The van der Waals surface area contributed by atoms with Gasteiger partial charge < -0.3 is 10.2 Å². The maximum atomic E-state index is 12.1. The molecule has 19 heavy (non-hydrogen) atoms. The Morgan fingerprint density at radius 1 is 1.42 bits per heavy atom. The van der Waals surface area contributed by atoms with Crippen LogP contribution in [0, 0.1) is 12.8 Å². The average Bonchev–Trinajstić information content (AvgIpc) is 2.82. The fourth-order valence-electron chi connectivity index (χ4n) is 2.58. The molecule has 4 heteroatoms. The van der Waals surface area contributed by atoms with Crippen molar-refractivity contribution in [1.82, 2.24) is 10.2 Å². The van der Waals surface area contributed by atoms with E-state index in [9.17, 15) is 4.79 Å². The lowest BCUT2D eigenvalue weighted by Gasteiger charge is -2.23. The highest BCUT2D eigenvalue weighted by molar-refractivity contribution is 7.11. The number of hydrogen-bond donors (Lipinski definition) is 1. The SMILES string of the molecule is Cc1ccc(CN(C)C(=O)CCC2CCNCC2)s1. The number of carbonyl (C=O) groups is 1. The van der Waals surface area contributed by atoms with Gasteiger partial charge in [-0.3, -0.25) is 4.79 Å². The molecule has 1 amide bonds. The number of nitrogens with one attached hydrogen (secondary N) is 1. The summed E-state index contributed by atoms with van der Waals surface area (Å²) in [5.41, 5.74) is 0. The lowest BCUT2D eigenvalue weighted by molar-refractivity contribution is -0.130. The van der Waals surface area contributed by atoms with Gasteiger partial charge in [0.25, 0.3) is 0 Å². The smallest absolute Gasteiger partial charge is 0.222 e. The molecule has 1 aliphatic heterocycles. The summed E-state index contributed by atoms with van der Waals surface area (Å²) in [6.07, 6.45) is 4.20. The molecule has 0 atom stereocenters. The summed E-state index contributed by atoms with van der Waals surface area (Å²) in [6, 6.07) is 4.24. The van der Waals surface area contributed by atoms with Gasteiger partial charge in [0, 0.05) is 23.2 Å². The zero-order valence-electron chi connectivity index (χ0n) is 11.9. The van der Waals surface area contributed by atoms with Crippen molar-refractivity contribution < 1.29 is 4.79 Å². The molecule has 0 radical (unpaired) electrons. The monoisotopic (exact) mass is 280 g/mol. The number of thiophene rings is 1. The minimum Gasteiger partial charge on any atom is -0.341 e. The lowest BCUT2D eigenvalue weighted by atomic mass is 9.93. The van der Waals surface area contributed by atoms with Crippen LogP contribution in [0.3, 0.4) is 0 Å². The molecule has 2 rings (SSSR count). The Bertz CT molecular complexity index is 410. The number of amides is 1. The standard InChI is InChI=1S/C15H24N2OS/c1-12-3-5-14(19-12)11-17(2)15(18)6-4-13-7-9-16-10-8-13/h3,5,13,16H,4,6-11H2,1-2H3. The van der Waals surface area contributed by atoms with Crippen LogP contribution in [-0.4, -0.2) is 30.9 Å². The van der Waals surface area contributed by atoms with Gasteiger partial charge in [0.15, 0.2) is 0 Å². The normalized spacial score (nSPS) is 16.5. The Morgan fingerprint density at radius 2 is 2.16 bits per heavy atom. The van der Waals surface area contributed by atoms with Crippen molar-refractivity contribution in [3.63, 3.8) is 0 Å². The van der Waals surface area contributed by atoms with Crippen molar-refractivity contribution >= 4 is 17.2 Å². The second-order valence-corrected chi connectivity index (χ2v) is 6.87. The van der Waals surface area contributed by atoms with Crippen LogP contribution in [0.5, 0.6) is 0 Å². The van der Waals surface area contributed by atoms with Gasteiger partial charge in [-0.1, -0.05) is 0 Å². The van der Waals surface area contributed by atoms with Crippen molar-refractivity contribution in [2.24, 2.45) is 5.92 Å². The Balaban J connectivity index is 1.72. The van der Waals surface area contributed by atoms with E-state index in [2.05, 4.69) is 24.4 Å².